The fourth-order valence-electron chi connectivity index (χ4n) is 2.45. The van der Waals surface area contributed by atoms with E-state index < -0.39 is 11.6 Å². The van der Waals surface area contributed by atoms with E-state index in [-0.39, 0.29) is 16.2 Å². The highest BCUT2D eigenvalue weighted by molar-refractivity contribution is 8.00. The van der Waals surface area contributed by atoms with Crippen molar-refractivity contribution in [3.8, 4) is 0 Å². The van der Waals surface area contributed by atoms with Crippen LogP contribution in [0.15, 0.2) is 12.1 Å². The van der Waals surface area contributed by atoms with Crippen molar-refractivity contribution >= 4 is 28.7 Å². The van der Waals surface area contributed by atoms with Crippen LogP contribution in [0.1, 0.15) is 26.7 Å². The van der Waals surface area contributed by atoms with Gasteiger partial charge in [0.1, 0.15) is 11.3 Å². The molecule has 3 nitrogen and oxygen atoms in total. The molecule has 6 heteroatoms. The normalized spacial score (nSPS) is 12.2. The average Bonchev–Trinajstić information content (AvgIpc) is 2.73. The Labute approximate surface area is 121 Å². The lowest BCUT2D eigenvalue weighted by Gasteiger charge is -2.30. The van der Waals surface area contributed by atoms with Crippen LogP contribution < -0.4 is 5.73 Å². The molecule has 1 aromatic carbocycles. The lowest BCUT2D eigenvalue weighted by atomic mass is 10.0. The maximum absolute atomic E-state index is 13.7. The average molecular weight is 299 g/mol. The van der Waals surface area contributed by atoms with E-state index in [4.69, 9.17) is 5.73 Å². The SMILES string of the molecule is CCC(CC)(Cn1c(N)nc2c(F)cc(F)cc21)SC. The predicted octanol–water partition coefficient (Wildman–Crippen LogP) is 3.82. The van der Waals surface area contributed by atoms with E-state index in [1.165, 1.54) is 6.07 Å². The van der Waals surface area contributed by atoms with E-state index >= 15 is 0 Å². The Bertz CT molecular complexity index is 612. The van der Waals surface area contributed by atoms with Crippen molar-refractivity contribution in [3.05, 3.63) is 23.8 Å². The summed E-state index contributed by atoms with van der Waals surface area (Å²) >= 11 is 1.75. The number of benzene rings is 1. The Morgan fingerprint density at radius 3 is 2.50 bits per heavy atom. The molecule has 0 aliphatic carbocycles. The van der Waals surface area contributed by atoms with Gasteiger partial charge in [-0.3, -0.25) is 0 Å². The summed E-state index contributed by atoms with van der Waals surface area (Å²) < 4.78 is 28.9. The summed E-state index contributed by atoms with van der Waals surface area (Å²) in [5.41, 5.74) is 6.44. The van der Waals surface area contributed by atoms with Crippen LogP contribution in [0.25, 0.3) is 11.0 Å². The van der Waals surface area contributed by atoms with Gasteiger partial charge in [-0.05, 0) is 19.1 Å². The van der Waals surface area contributed by atoms with Gasteiger partial charge in [0, 0.05) is 23.4 Å². The number of nitrogen functional groups attached to an aromatic ring is 1. The Balaban J connectivity index is 2.57. The maximum Gasteiger partial charge on any atom is 0.201 e. The standard InChI is InChI=1S/C14H19F2N3S/c1-4-14(5-2,20-3)8-19-11-7-9(15)6-10(16)12(11)18-13(19)17/h6-7H,4-5,8H2,1-3H3,(H2,17,18). The Morgan fingerprint density at radius 2 is 1.95 bits per heavy atom. The maximum atomic E-state index is 13.7. The zero-order valence-electron chi connectivity index (χ0n) is 11.9. The van der Waals surface area contributed by atoms with Gasteiger partial charge in [-0.1, -0.05) is 13.8 Å². The molecule has 0 spiro atoms. The molecule has 0 fully saturated rings. The summed E-state index contributed by atoms with van der Waals surface area (Å²) in [6, 6.07) is 2.12. The van der Waals surface area contributed by atoms with E-state index in [0.717, 1.165) is 18.9 Å². The third-order valence-electron chi connectivity index (χ3n) is 3.97. The molecule has 1 aromatic heterocycles. The fourth-order valence-corrected chi connectivity index (χ4v) is 3.28. The molecule has 2 N–H and O–H groups in total. The van der Waals surface area contributed by atoms with E-state index in [9.17, 15) is 8.78 Å². The van der Waals surface area contributed by atoms with Crippen LogP contribution in [0, 0.1) is 11.6 Å². The quantitative estimate of drug-likeness (QED) is 0.913. The number of hydrogen-bond donors (Lipinski definition) is 1. The molecule has 0 aliphatic rings. The number of fused-ring (bicyclic) bond motifs is 1. The van der Waals surface area contributed by atoms with Gasteiger partial charge in [0.25, 0.3) is 0 Å². The van der Waals surface area contributed by atoms with Gasteiger partial charge >= 0.3 is 0 Å². The Morgan fingerprint density at radius 1 is 1.30 bits per heavy atom. The molecular weight excluding hydrogens is 280 g/mol. The highest BCUT2D eigenvalue weighted by Crippen LogP contribution is 2.34. The number of thioether (sulfide) groups is 1. The molecule has 0 amide bonds. The van der Waals surface area contributed by atoms with Crippen LogP contribution >= 0.6 is 11.8 Å². The molecular formula is C14H19F2N3S. The van der Waals surface area contributed by atoms with E-state index in [0.29, 0.717) is 12.1 Å². The summed E-state index contributed by atoms with van der Waals surface area (Å²) in [5, 5.41) is 0. The van der Waals surface area contributed by atoms with Gasteiger partial charge in [-0.15, -0.1) is 0 Å². The van der Waals surface area contributed by atoms with Gasteiger partial charge in [-0.25, -0.2) is 13.8 Å². The van der Waals surface area contributed by atoms with Gasteiger partial charge in [0.05, 0.1) is 5.52 Å². The van der Waals surface area contributed by atoms with Crippen LogP contribution in [-0.4, -0.2) is 20.6 Å². The Hall–Kier alpha value is -1.30. The predicted molar refractivity (Wildman–Crippen MR) is 80.9 cm³/mol. The van der Waals surface area contributed by atoms with Crippen molar-refractivity contribution in [2.75, 3.05) is 12.0 Å². The zero-order chi connectivity index (χ0) is 14.9. The van der Waals surface area contributed by atoms with Gasteiger partial charge < -0.3 is 10.3 Å². The van der Waals surface area contributed by atoms with Crippen molar-refractivity contribution in [2.45, 2.75) is 38.0 Å². The molecule has 2 aromatic rings. The van der Waals surface area contributed by atoms with Gasteiger partial charge in [0.2, 0.25) is 5.95 Å². The summed E-state index contributed by atoms with van der Waals surface area (Å²) in [6.07, 6.45) is 3.94. The minimum atomic E-state index is -0.673. The van der Waals surface area contributed by atoms with Crippen LogP contribution in [0.3, 0.4) is 0 Å². The molecule has 0 unspecified atom stereocenters. The van der Waals surface area contributed by atoms with Crippen LogP contribution in [-0.2, 0) is 6.54 Å². The first-order valence-electron chi connectivity index (χ1n) is 6.62. The van der Waals surface area contributed by atoms with Crippen molar-refractivity contribution in [1.82, 2.24) is 9.55 Å². The summed E-state index contributed by atoms with van der Waals surface area (Å²) in [5.74, 6) is -1.06. The number of nitrogens with zero attached hydrogens (tertiary/aromatic N) is 2. The highest BCUT2D eigenvalue weighted by atomic mass is 32.2. The summed E-state index contributed by atoms with van der Waals surface area (Å²) in [6.45, 7) is 4.80. The molecule has 20 heavy (non-hydrogen) atoms. The smallest absolute Gasteiger partial charge is 0.201 e. The lowest BCUT2D eigenvalue weighted by molar-refractivity contribution is 0.476. The number of imidazole rings is 1. The molecule has 0 saturated heterocycles. The van der Waals surface area contributed by atoms with Crippen molar-refractivity contribution in [3.63, 3.8) is 0 Å². The molecule has 1 heterocycles. The first-order valence-corrected chi connectivity index (χ1v) is 7.84. The fraction of sp³-hybridized carbons (Fsp3) is 0.500. The summed E-state index contributed by atoms with van der Waals surface area (Å²) in [4.78, 5) is 4.03. The van der Waals surface area contributed by atoms with E-state index in [1.54, 1.807) is 16.3 Å². The second kappa shape index (κ2) is 5.60. The van der Waals surface area contributed by atoms with E-state index in [1.807, 2.05) is 6.26 Å². The second-order valence-corrected chi connectivity index (χ2v) is 6.18. The molecule has 0 saturated carbocycles. The number of halogens is 2. The first kappa shape index (κ1) is 15.1. The molecule has 0 bridgehead atoms. The second-order valence-electron chi connectivity index (χ2n) is 4.91. The number of anilines is 1. The van der Waals surface area contributed by atoms with Crippen LogP contribution in [0.5, 0.6) is 0 Å². The van der Waals surface area contributed by atoms with Crippen LogP contribution in [0.4, 0.5) is 14.7 Å². The number of hydrogen-bond acceptors (Lipinski definition) is 3. The van der Waals surface area contributed by atoms with Crippen molar-refractivity contribution < 1.29 is 8.78 Å². The minimum Gasteiger partial charge on any atom is -0.369 e. The lowest BCUT2D eigenvalue weighted by Crippen LogP contribution is -2.29. The third-order valence-corrected chi connectivity index (χ3v) is 5.54. The molecule has 0 radical (unpaired) electrons. The first-order chi connectivity index (χ1) is 9.46. The van der Waals surface area contributed by atoms with Crippen LogP contribution in [0.2, 0.25) is 0 Å². The molecule has 110 valence electrons. The molecule has 2 rings (SSSR count). The number of nitrogens with two attached hydrogens (primary N) is 1. The summed E-state index contributed by atoms with van der Waals surface area (Å²) in [7, 11) is 0. The zero-order valence-corrected chi connectivity index (χ0v) is 12.7. The number of rotatable bonds is 5. The topological polar surface area (TPSA) is 43.8 Å². The van der Waals surface area contributed by atoms with Gasteiger partial charge in [0.15, 0.2) is 5.82 Å². The van der Waals surface area contributed by atoms with E-state index in [2.05, 4.69) is 18.8 Å². The third kappa shape index (κ3) is 2.49. The van der Waals surface area contributed by atoms with Gasteiger partial charge in [-0.2, -0.15) is 11.8 Å². The minimum absolute atomic E-state index is 0.00938. The number of aromatic nitrogens is 2. The Kier molecular flexibility index (Phi) is 4.22. The van der Waals surface area contributed by atoms with Crippen molar-refractivity contribution in [1.29, 1.82) is 0 Å². The molecule has 0 aliphatic heterocycles. The van der Waals surface area contributed by atoms with Crippen molar-refractivity contribution in [2.24, 2.45) is 0 Å². The highest BCUT2D eigenvalue weighted by Gasteiger charge is 2.27. The molecule has 0 atom stereocenters. The largest absolute Gasteiger partial charge is 0.369 e. The monoisotopic (exact) mass is 299 g/mol.